The number of benzene rings is 1. The Morgan fingerprint density at radius 1 is 1.35 bits per heavy atom. The summed E-state index contributed by atoms with van der Waals surface area (Å²) in [7, 11) is 0. The number of ether oxygens (including phenoxy) is 1. The first kappa shape index (κ1) is 15.6. The molecule has 1 aromatic rings. The van der Waals surface area contributed by atoms with Gasteiger partial charge < -0.3 is 9.84 Å². The standard InChI is InChI=1S/C16H24ClNO2/c1-2-16(19)15-5-3-4-10-18(15)11-12-20-14-8-6-13(17)7-9-14/h6-9,15-16,19H,2-5,10-12H2,1H3. The molecular weight excluding hydrogens is 274 g/mol. The molecular formula is C16H24ClNO2. The Hall–Kier alpha value is -0.770. The lowest BCUT2D eigenvalue weighted by molar-refractivity contribution is 0.0178. The highest BCUT2D eigenvalue weighted by atomic mass is 35.5. The molecule has 20 heavy (non-hydrogen) atoms. The van der Waals surface area contributed by atoms with Crippen LogP contribution < -0.4 is 4.74 Å². The molecule has 2 atom stereocenters. The van der Waals surface area contributed by atoms with Crippen molar-refractivity contribution in [1.29, 1.82) is 0 Å². The minimum atomic E-state index is -0.217. The lowest BCUT2D eigenvalue weighted by atomic mass is 9.96. The maximum atomic E-state index is 10.1. The summed E-state index contributed by atoms with van der Waals surface area (Å²) in [5, 5.41) is 10.8. The van der Waals surface area contributed by atoms with E-state index >= 15 is 0 Å². The second-order valence-electron chi connectivity index (χ2n) is 5.38. The van der Waals surface area contributed by atoms with Gasteiger partial charge in [0.1, 0.15) is 12.4 Å². The monoisotopic (exact) mass is 297 g/mol. The molecule has 3 nitrogen and oxygen atoms in total. The van der Waals surface area contributed by atoms with E-state index in [0.717, 1.165) is 36.7 Å². The van der Waals surface area contributed by atoms with Gasteiger partial charge in [-0.3, -0.25) is 4.90 Å². The zero-order valence-corrected chi connectivity index (χ0v) is 12.9. The second-order valence-corrected chi connectivity index (χ2v) is 5.81. The Balaban J connectivity index is 1.80. The Labute approximate surface area is 126 Å². The fraction of sp³-hybridized carbons (Fsp3) is 0.625. The van der Waals surface area contributed by atoms with Crippen LogP contribution in [0.5, 0.6) is 5.75 Å². The number of hydrogen-bond acceptors (Lipinski definition) is 3. The molecule has 1 aliphatic rings. The van der Waals surface area contributed by atoms with Gasteiger partial charge in [-0.2, -0.15) is 0 Å². The molecule has 1 aliphatic heterocycles. The van der Waals surface area contributed by atoms with Crippen LogP contribution in [0.4, 0.5) is 0 Å². The highest BCUT2D eigenvalue weighted by molar-refractivity contribution is 6.30. The first-order valence-corrected chi connectivity index (χ1v) is 7.89. The first-order valence-electron chi connectivity index (χ1n) is 7.51. The molecule has 1 heterocycles. The van der Waals surface area contributed by atoms with Crippen LogP contribution in [0.3, 0.4) is 0 Å². The van der Waals surface area contributed by atoms with Crippen LogP contribution in [0.2, 0.25) is 5.02 Å². The van der Waals surface area contributed by atoms with Crippen LogP contribution in [0.15, 0.2) is 24.3 Å². The quantitative estimate of drug-likeness (QED) is 0.874. The van der Waals surface area contributed by atoms with Crippen molar-refractivity contribution in [3.05, 3.63) is 29.3 Å². The van der Waals surface area contributed by atoms with E-state index in [1.165, 1.54) is 12.8 Å². The zero-order valence-electron chi connectivity index (χ0n) is 12.1. The van der Waals surface area contributed by atoms with Gasteiger partial charge in [-0.15, -0.1) is 0 Å². The molecule has 1 saturated heterocycles. The van der Waals surface area contributed by atoms with E-state index < -0.39 is 0 Å². The van der Waals surface area contributed by atoms with Crippen LogP contribution in [0.25, 0.3) is 0 Å². The van der Waals surface area contributed by atoms with E-state index in [1.807, 2.05) is 31.2 Å². The molecule has 112 valence electrons. The van der Waals surface area contributed by atoms with Crippen molar-refractivity contribution in [2.24, 2.45) is 0 Å². The summed E-state index contributed by atoms with van der Waals surface area (Å²) in [6.45, 7) is 4.62. The van der Waals surface area contributed by atoms with E-state index in [4.69, 9.17) is 16.3 Å². The topological polar surface area (TPSA) is 32.7 Å². The van der Waals surface area contributed by atoms with Gasteiger partial charge in [0, 0.05) is 17.6 Å². The molecule has 1 N–H and O–H groups in total. The van der Waals surface area contributed by atoms with Crippen LogP contribution >= 0.6 is 11.6 Å². The SMILES string of the molecule is CCC(O)C1CCCCN1CCOc1ccc(Cl)cc1. The number of aliphatic hydroxyl groups excluding tert-OH is 1. The summed E-state index contributed by atoms with van der Waals surface area (Å²) in [5.74, 6) is 0.846. The number of nitrogens with zero attached hydrogens (tertiary/aromatic N) is 1. The van der Waals surface area contributed by atoms with Crippen molar-refractivity contribution in [3.8, 4) is 5.75 Å². The molecule has 2 unspecified atom stereocenters. The number of halogens is 1. The van der Waals surface area contributed by atoms with Crippen molar-refractivity contribution < 1.29 is 9.84 Å². The summed E-state index contributed by atoms with van der Waals surface area (Å²) in [6.07, 6.45) is 4.13. The molecule has 1 aromatic carbocycles. The van der Waals surface area contributed by atoms with Crippen molar-refractivity contribution in [2.45, 2.75) is 44.8 Å². The lowest BCUT2D eigenvalue weighted by Crippen LogP contribution is -2.48. The third-order valence-corrected chi connectivity index (χ3v) is 4.24. The third kappa shape index (κ3) is 4.37. The molecule has 0 spiro atoms. The predicted octanol–water partition coefficient (Wildman–Crippen LogP) is 3.34. The highest BCUT2D eigenvalue weighted by Crippen LogP contribution is 2.21. The van der Waals surface area contributed by atoms with Gasteiger partial charge in [0.05, 0.1) is 6.10 Å². The van der Waals surface area contributed by atoms with E-state index in [1.54, 1.807) is 0 Å². The number of piperidine rings is 1. The van der Waals surface area contributed by atoms with Gasteiger partial charge in [0.15, 0.2) is 0 Å². The molecule has 0 saturated carbocycles. The average molecular weight is 298 g/mol. The number of likely N-dealkylation sites (tertiary alicyclic amines) is 1. The van der Waals surface area contributed by atoms with Gasteiger partial charge in [-0.25, -0.2) is 0 Å². The smallest absolute Gasteiger partial charge is 0.119 e. The summed E-state index contributed by atoms with van der Waals surface area (Å²) >= 11 is 5.85. The maximum Gasteiger partial charge on any atom is 0.119 e. The summed E-state index contributed by atoms with van der Waals surface area (Å²) in [4.78, 5) is 2.37. The summed E-state index contributed by atoms with van der Waals surface area (Å²) in [6, 6.07) is 7.74. The van der Waals surface area contributed by atoms with Gasteiger partial charge in [0.25, 0.3) is 0 Å². The Kier molecular flexibility index (Phi) is 6.14. The van der Waals surface area contributed by atoms with E-state index in [2.05, 4.69) is 4.90 Å². The molecule has 1 fully saturated rings. The minimum Gasteiger partial charge on any atom is -0.492 e. The fourth-order valence-corrected chi connectivity index (χ4v) is 2.94. The Morgan fingerprint density at radius 3 is 2.80 bits per heavy atom. The number of aliphatic hydroxyl groups is 1. The molecule has 0 bridgehead atoms. The average Bonchev–Trinajstić information content (AvgIpc) is 2.49. The van der Waals surface area contributed by atoms with Crippen molar-refractivity contribution in [1.82, 2.24) is 4.90 Å². The van der Waals surface area contributed by atoms with Crippen molar-refractivity contribution in [3.63, 3.8) is 0 Å². The molecule has 4 heteroatoms. The largest absolute Gasteiger partial charge is 0.492 e. The van der Waals surface area contributed by atoms with E-state index in [-0.39, 0.29) is 6.10 Å². The summed E-state index contributed by atoms with van der Waals surface area (Å²) < 4.78 is 5.74. The van der Waals surface area contributed by atoms with Crippen molar-refractivity contribution >= 4 is 11.6 Å². The van der Waals surface area contributed by atoms with Crippen LogP contribution in [0.1, 0.15) is 32.6 Å². The van der Waals surface area contributed by atoms with Gasteiger partial charge in [-0.05, 0) is 50.1 Å². The van der Waals surface area contributed by atoms with Gasteiger partial charge in [-0.1, -0.05) is 24.9 Å². The van der Waals surface area contributed by atoms with Gasteiger partial charge in [0.2, 0.25) is 0 Å². The molecule has 0 aliphatic carbocycles. The zero-order chi connectivity index (χ0) is 14.4. The van der Waals surface area contributed by atoms with Crippen LogP contribution in [-0.2, 0) is 0 Å². The van der Waals surface area contributed by atoms with Gasteiger partial charge >= 0.3 is 0 Å². The highest BCUT2D eigenvalue weighted by Gasteiger charge is 2.27. The van der Waals surface area contributed by atoms with E-state index in [9.17, 15) is 5.11 Å². The molecule has 2 rings (SSSR count). The van der Waals surface area contributed by atoms with Crippen LogP contribution in [0, 0.1) is 0 Å². The van der Waals surface area contributed by atoms with E-state index in [0.29, 0.717) is 12.6 Å². The first-order chi connectivity index (χ1) is 9.70. The summed E-state index contributed by atoms with van der Waals surface area (Å²) in [5.41, 5.74) is 0. The van der Waals surface area contributed by atoms with Crippen molar-refractivity contribution in [2.75, 3.05) is 19.7 Å². The van der Waals surface area contributed by atoms with Crippen LogP contribution in [-0.4, -0.2) is 41.8 Å². The number of hydrogen-bond donors (Lipinski definition) is 1. The lowest BCUT2D eigenvalue weighted by Gasteiger charge is -2.38. The normalized spacial score (nSPS) is 21.6. The molecule has 0 radical (unpaired) electrons. The third-order valence-electron chi connectivity index (χ3n) is 3.99. The Bertz CT molecular complexity index is 396. The second kappa shape index (κ2) is 7.87. The number of rotatable bonds is 6. The molecule has 0 amide bonds. The predicted molar refractivity (Wildman–Crippen MR) is 82.5 cm³/mol. The maximum absolute atomic E-state index is 10.1. The molecule has 0 aromatic heterocycles. The minimum absolute atomic E-state index is 0.217. The Morgan fingerprint density at radius 2 is 2.10 bits per heavy atom. The fourth-order valence-electron chi connectivity index (χ4n) is 2.81.